The standard InChI is InChI=1S/C13H23N3O3/c1-5-13(19,6-2)9-14-7-10-8-15(3)12(18)16(4)11(10)17/h8,14,19H,5-7,9H2,1-4H3. The summed E-state index contributed by atoms with van der Waals surface area (Å²) in [6.07, 6.45) is 2.85. The van der Waals surface area contributed by atoms with E-state index in [1.54, 1.807) is 7.05 Å². The van der Waals surface area contributed by atoms with Crippen molar-refractivity contribution in [3.05, 3.63) is 32.6 Å². The van der Waals surface area contributed by atoms with Gasteiger partial charge < -0.3 is 15.0 Å². The van der Waals surface area contributed by atoms with E-state index in [1.165, 1.54) is 17.8 Å². The monoisotopic (exact) mass is 269 g/mol. The van der Waals surface area contributed by atoms with Gasteiger partial charge in [0, 0.05) is 38.9 Å². The normalized spacial score (nSPS) is 11.8. The Kier molecular flexibility index (Phi) is 5.08. The van der Waals surface area contributed by atoms with Gasteiger partial charge in [-0.05, 0) is 12.8 Å². The van der Waals surface area contributed by atoms with Crippen molar-refractivity contribution in [1.29, 1.82) is 0 Å². The second kappa shape index (κ2) is 6.16. The van der Waals surface area contributed by atoms with Gasteiger partial charge in [0.05, 0.1) is 5.60 Å². The molecule has 0 atom stereocenters. The Morgan fingerprint density at radius 2 is 1.84 bits per heavy atom. The molecule has 1 heterocycles. The van der Waals surface area contributed by atoms with E-state index in [2.05, 4.69) is 5.32 Å². The zero-order chi connectivity index (χ0) is 14.6. The predicted octanol–water partition coefficient (Wildman–Crippen LogP) is -0.275. The van der Waals surface area contributed by atoms with Crippen LogP contribution < -0.4 is 16.6 Å². The van der Waals surface area contributed by atoms with Crippen LogP contribution in [0.4, 0.5) is 0 Å². The fraction of sp³-hybridized carbons (Fsp3) is 0.692. The summed E-state index contributed by atoms with van der Waals surface area (Å²) >= 11 is 0. The van der Waals surface area contributed by atoms with E-state index in [4.69, 9.17) is 0 Å². The third-order valence-corrected chi connectivity index (χ3v) is 3.60. The number of aryl methyl sites for hydroxylation is 1. The molecule has 1 aromatic heterocycles. The molecular weight excluding hydrogens is 246 g/mol. The van der Waals surface area contributed by atoms with Crippen molar-refractivity contribution in [1.82, 2.24) is 14.5 Å². The molecule has 0 aliphatic rings. The zero-order valence-corrected chi connectivity index (χ0v) is 12.1. The molecule has 0 radical (unpaired) electrons. The Hall–Kier alpha value is -1.40. The summed E-state index contributed by atoms with van der Waals surface area (Å²) in [5.74, 6) is 0. The molecule has 6 nitrogen and oxygen atoms in total. The second-order valence-electron chi connectivity index (χ2n) is 4.95. The van der Waals surface area contributed by atoms with Crippen molar-refractivity contribution in [2.45, 2.75) is 38.8 Å². The third kappa shape index (κ3) is 3.54. The molecule has 0 amide bonds. The summed E-state index contributed by atoms with van der Waals surface area (Å²) < 4.78 is 2.47. The zero-order valence-electron chi connectivity index (χ0n) is 12.1. The minimum Gasteiger partial charge on any atom is -0.389 e. The molecule has 0 spiro atoms. The molecule has 0 fully saturated rings. The molecule has 108 valence electrons. The summed E-state index contributed by atoms with van der Waals surface area (Å²) in [7, 11) is 3.07. The highest BCUT2D eigenvalue weighted by molar-refractivity contribution is 5.05. The van der Waals surface area contributed by atoms with E-state index in [1.807, 2.05) is 13.8 Å². The van der Waals surface area contributed by atoms with Gasteiger partial charge in [0.25, 0.3) is 5.56 Å². The maximum Gasteiger partial charge on any atom is 0.330 e. The summed E-state index contributed by atoms with van der Waals surface area (Å²) in [6.45, 7) is 4.61. The summed E-state index contributed by atoms with van der Waals surface area (Å²) in [5, 5.41) is 13.2. The highest BCUT2D eigenvalue weighted by Gasteiger charge is 2.21. The lowest BCUT2D eigenvalue weighted by atomic mass is 9.97. The minimum atomic E-state index is -0.744. The van der Waals surface area contributed by atoms with Crippen LogP contribution in [0.1, 0.15) is 32.3 Å². The molecule has 0 bridgehead atoms. The van der Waals surface area contributed by atoms with Crippen LogP contribution in [0.25, 0.3) is 0 Å². The van der Waals surface area contributed by atoms with Gasteiger partial charge in [-0.15, -0.1) is 0 Å². The second-order valence-corrected chi connectivity index (χ2v) is 4.95. The lowest BCUT2D eigenvalue weighted by Gasteiger charge is -2.25. The van der Waals surface area contributed by atoms with Crippen LogP contribution in [-0.4, -0.2) is 26.4 Å². The highest BCUT2D eigenvalue weighted by atomic mass is 16.3. The molecule has 6 heteroatoms. The number of aromatic nitrogens is 2. The van der Waals surface area contributed by atoms with E-state index in [0.29, 0.717) is 31.5 Å². The molecule has 0 aromatic carbocycles. The van der Waals surface area contributed by atoms with Gasteiger partial charge in [0.2, 0.25) is 0 Å². The topological polar surface area (TPSA) is 76.3 Å². The van der Waals surface area contributed by atoms with E-state index in [0.717, 1.165) is 4.57 Å². The quantitative estimate of drug-likeness (QED) is 0.745. The molecular formula is C13H23N3O3. The number of hydrogen-bond donors (Lipinski definition) is 2. The first-order chi connectivity index (χ1) is 8.84. The average molecular weight is 269 g/mol. The van der Waals surface area contributed by atoms with Crippen LogP contribution in [0.3, 0.4) is 0 Å². The molecule has 0 saturated carbocycles. The predicted molar refractivity (Wildman–Crippen MR) is 74.2 cm³/mol. The van der Waals surface area contributed by atoms with Crippen molar-refractivity contribution >= 4 is 0 Å². The Labute approximate surface area is 112 Å². The smallest absolute Gasteiger partial charge is 0.330 e. The van der Waals surface area contributed by atoms with E-state index in [9.17, 15) is 14.7 Å². The molecule has 0 saturated heterocycles. The number of nitrogens with zero attached hydrogens (tertiary/aromatic N) is 2. The van der Waals surface area contributed by atoms with Crippen LogP contribution in [0.5, 0.6) is 0 Å². The molecule has 0 unspecified atom stereocenters. The lowest BCUT2D eigenvalue weighted by Crippen LogP contribution is -2.42. The number of rotatable bonds is 6. The lowest BCUT2D eigenvalue weighted by molar-refractivity contribution is 0.0322. The summed E-state index contributed by atoms with van der Waals surface area (Å²) in [6, 6.07) is 0. The molecule has 1 rings (SSSR count). The summed E-state index contributed by atoms with van der Waals surface area (Å²) in [5.41, 5.74) is -0.870. The fourth-order valence-electron chi connectivity index (χ4n) is 1.93. The number of hydrogen-bond acceptors (Lipinski definition) is 4. The van der Waals surface area contributed by atoms with Crippen LogP contribution >= 0.6 is 0 Å². The number of nitrogens with one attached hydrogen (secondary N) is 1. The van der Waals surface area contributed by atoms with Gasteiger partial charge >= 0.3 is 5.69 Å². The van der Waals surface area contributed by atoms with Crippen molar-refractivity contribution in [3.63, 3.8) is 0 Å². The van der Waals surface area contributed by atoms with Crippen molar-refractivity contribution in [3.8, 4) is 0 Å². The van der Waals surface area contributed by atoms with Crippen LogP contribution in [0.2, 0.25) is 0 Å². The van der Waals surface area contributed by atoms with E-state index < -0.39 is 5.60 Å². The van der Waals surface area contributed by atoms with Gasteiger partial charge in [-0.2, -0.15) is 0 Å². The highest BCUT2D eigenvalue weighted by Crippen LogP contribution is 2.12. The van der Waals surface area contributed by atoms with Crippen molar-refractivity contribution < 1.29 is 5.11 Å². The van der Waals surface area contributed by atoms with E-state index in [-0.39, 0.29) is 11.2 Å². The SMILES string of the molecule is CCC(O)(CC)CNCc1cn(C)c(=O)n(C)c1=O. The van der Waals surface area contributed by atoms with Gasteiger partial charge in [0.1, 0.15) is 0 Å². The van der Waals surface area contributed by atoms with Crippen LogP contribution in [0.15, 0.2) is 15.8 Å². The molecule has 19 heavy (non-hydrogen) atoms. The Bertz CT molecular complexity index is 541. The largest absolute Gasteiger partial charge is 0.389 e. The van der Waals surface area contributed by atoms with E-state index >= 15 is 0 Å². The average Bonchev–Trinajstić information content (AvgIpc) is 2.41. The van der Waals surface area contributed by atoms with Gasteiger partial charge in [0.15, 0.2) is 0 Å². The van der Waals surface area contributed by atoms with Crippen molar-refractivity contribution in [2.75, 3.05) is 6.54 Å². The maximum absolute atomic E-state index is 11.9. The molecule has 2 N–H and O–H groups in total. The number of aliphatic hydroxyl groups is 1. The van der Waals surface area contributed by atoms with Gasteiger partial charge in [-0.25, -0.2) is 4.79 Å². The van der Waals surface area contributed by atoms with Crippen LogP contribution in [-0.2, 0) is 20.6 Å². The first kappa shape index (κ1) is 15.7. The van der Waals surface area contributed by atoms with Gasteiger partial charge in [-0.3, -0.25) is 9.36 Å². The first-order valence-electron chi connectivity index (χ1n) is 6.53. The molecule has 0 aliphatic carbocycles. The van der Waals surface area contributed by atoms with Crippen LogP contribution in [0, 0.1) is 0 Å². The van der Waals surface area contributed by atoms with Crippen molar-refractivity contribution in [2.24, 2.45) is 14.1 Å². The summed E-state index contributed by atoms with van der Waals surface area (Å²) in [4.78, 5) is 23.4. The van der Waals surface area contributed by atoms with Gasteiger partial charge in [-0.1, -0.05) is 13.8 Å². The third-order valence-electron chi connectivity index (χ3n) is 3.60. The Morgan fingerprint density at radius 1 is 1.26 bits per heavy atom. The minimum absolute atomic E-state index is 0.299. The first-order valence-corrected chi connectivity index (χ1v) is 6.53. The Morgan fingerprint density at radius 3 is 2.37 bits per heavy atom. The Balaban J connectivity index is 2.80. The molecule has 1 aromatic rings. The molecule has 0 aliphatic heterocycles. The maximum atomic E-state index is 11.9. The fourth-order valence-corrected chi connectivity index (χ4v) is 1.93.